The molecule has 0 aliphatic carbocycles. The second kappa shape index (κ2) is 5.75. The van der Waals surface area contributed by atoms with E-state index in [1.807, 2.05) is 18.3 Å². The maximum absolute atomic E-state index is 6.02. The lowest BCUT2D eigenvalue weighted by molar-refractivity contribution is -0.0735. The number of ether oxygens (including phenoxy) is 1. The van der Waals surface area contributed by atoms with Gasteiger partial charge in [0.1, 0.15) is 5.82 Å². The molecule has 21 heavy (non-hydrogen) atoms. The van der Waals surface area contributed by atoms with Gasteiger partial charge in [-0.05, 0) is 26.0 Å². The topological polar surface area (TPSA) is 25.4 Å². The molecule has 112 valence electrons. The van der Waals surface area contributed by atoms with Crippen LogP contribution in [0.5, 0.6) is 0 Å². The molecular weight excluding hydrogens is 352 g/mol. The number of hydrogen-bond donors (Lipinski definition) is 0. The molecule has 5 heteroatoms. The Labute approximate surface area is 138 Å². The second-order valence-corrected chi connectivity index (χ2v) is 7.17. The minimum Gasteiger partial charge on any atom is -0.367 e. The molecule has 2 heterocycles. The summed E-state index contributed by atoms with van der Waals surface area (Å²) >= 11 is 9.64. The summed E-state index contributed by atoms with van der Waals surface area (Å²) in [5, 5.41) is 2.33. The first-order chi connectivity index (χ1) is 10.00. The number of anilines is 1. The van der Waals surface area contributed by atoms with E-state index in [0.717, 1.165) is 28.8 Å². The average Bonchev–Trinajstić information content (AvgIpc) is 2.45. The van der Waals surface area contributed by atoms with Crippen LogP contribution in [0, 0.1) is 0 Å². The Kier molecular flexibility index (Phi) is 4.12. The number of alkyl halides is 1. The Balaban J connectivity index is 2.05. The van der Waals surface area contributed by atoms with E-state index in [4.69, 9.17) is 16.3 Å². The first kappa shape index (κ1) is 15.1. The van der Waals surface area contributed by atoms with Crippen molar-refractivity contribution in [3.8, 4) is 0 Å². The Morgan fingerprint density at radius 3 is 2.95 bits per heavy atom. The summed E-state index contributed by atoms with van der Waals surface area (Å²) in [5.41, 5.74) is -0.229. The number of rotatable bonds is 2. The van der Waals surface area contributed by atoms with Crippen molar-refractivity contribution in [1.29, 1.82) is 0 Å². The molecule has 0 N–H and O–H groups in total. The Morgan fingerprint density at radius 1 is 1.38 bits per heavy atom. The Morgan fingerprint density at radius 2 is 2.19 bits per heavy atom. The highest BCUT2D eigenvalue weighted by molar-refractivity contribution is 9.10. The molecule has 1 saturated heterocycles. The highest BCUT2D eigenvalue weighted by Crippen LogP contribution is 2.33. The lowest BCUT2D eigenvalue weighted by Crippen LogP contribution is -2.53. The summed E-state index contributed by atoms with van der Waals surface area (Å²) in [6.45, 7) is 5.77. The van der Waals surface area contributed by atoms with Gasteiger partial charge in [-0.25, -0.2) is 4.98 Å². The highest BCUT2D eigenvalue weighted by Gasteiger charge is 2.34. The van der Waals surface area contributed by atoms with Crippen molar-refractivity contribution in [1.82, 2.24) is 4.98 Å². The number of nitrogens with zero attached hydrogens (tertiary/aromatic N) is 2. The van der Waals surface area contributed by atoms with E-state index in [0.29, 0.717) is 5.88 Å². The zero-order valence-corrected chi connectivity index (χ0v) is 14.5. The van der Waals surface area contributed by atoms with E-state index < -0.39 is 0 Å². The predicted octanol–water partition coefficient (Wildman–Crippen LogP) is 4.22. The van der Waals surface area contributed by atoms with Gasteiger partial charge >= 0.3 is 0 Å². The number of pyridine rings is 1. The monoisotopic (exact) mass is 368 g/mol. The molecule has 0 spiro atoms. The smallest absolute Gasteiger partial charge is 0.136 e. The molecule has 1 aliphatic heterocycles. The minimum absolute atomic E-state index is 0.0274. The summed E-state index contributed by atoms with van der Waals surface area (Å²) in [7, 11) is 0. The highest BCUT2D eigenvalue weighted by atomic mass is 79.9. The standard InChI is InChI=1S/C16H18BrClN2O/c1-16(2)10-20(9-11(8-18)21-16)15-13-4-3-5-14(17)12(13)6-7-19-15/h3-7,11H,8-10H2,1-2H3. The summed E-state index contributed by atoms with van der Waals surface area (Å²) in [5.74, 6) is 1.49. The molecule has 0 radical (unpaired) electrons. The number of aromatic nitrogens is 1. The molecule has 1 aliphatic rings. The van der Waals surface area contributed by atoms with Gasteiger partial charge in [-0.1, -0.05) is 28.1 Å². The van der Waals surface area contributed by atoms with Gasteiger partial charge in [-0.2, -0.15) is 0 Å². The maximum atomic E-state index is 6.02. The maximum Gasteiger partial charge on any atom is 0.136 e. The van der Waals surface area contributed by atoms with Crippen molar-refractivity contribution < 1.29 is 4.74 Å². The number of morpholine rings is 1. The third-order valence-corrected chi connectivity index (χ3v) is 4.72. The molecule has 0 bridgehead atoms. The second-order valence-electron chi connectivity index (χ2n) is 6.00. The zero-order valence-electron chi connectivity index (χ0n) is 12.1. The molecule has 1 unspecified atom stereocenters. The molecule has 0 saturated carbocycles. The summed E-state index contributed by atoms with van der Waals surface area (Å²) in [6.07, 6.45) is 1.89. The van der Waals surface area contributed by atoms with Crippen LogP contribution >= 0.6 is 27.5 Å². The lowest BCUT2D eigenvalue weighted by Gasteiger charge is -2.43. The van der Waals surface area contributed by atoms with Crippen LogP contribution in [0.25, 0.3) is 10.8 Å². The number of halogens is 2. The molecule has 0 amide bonds. The van der Waals surface area contributed by atoms with E-state index in [9.17, 15) is 0 Å². The molecule has 3 nitrogen and oxygen atoms in total. The summed E-state index contributed by atoms with van der Waals surface area (Å²) < 4.78 is 7.09. The van der Waals surface area contributed by atoms with E-state index in [-0.39, 0.29) is 11.7 Å². The minimum atomic E-state index is -0.229. The average molecular weight is 370 g/mol. The van der Waals surface area contributed by atoms with Crippen LogP contribution in [-0.2, 0) is 4.74 Å². The first-order valence-corrected chi connectivity index (χ1v) is 8.35. The van der Waals surface area contributed by atoms with Gasteiger partial charge in [-0.15, -0.1) is 11.6 Å². The Hall–Kier alpha value is -0.840. The van der Waals surface area contributed by atoms with Gasteiger partial charge in [0, 0.05) is 34.5 Å². The predicted molar refractivity (Wildman–Crippen MR) is 91.3 cm³/mol. The third kappa shape index (κ3) is 3.03. The summed E-state index contributed by atoms with van der Waals surface area (Å²) in [6, 6.07) is 8.24. The molecular formula is C16H18BrClN2O. The van der Waals surface area contributed by atoms with Crippen LogP contribution in [0.3, 0.4) is 0 Å². The number of hydrogen-bond acceptors (Lipinski definition) is 3. The normalized spacial score (nSPS) is 21.7. The summed E-state index contributed by atoms with van der Waals surface area (Å²) in [4.78, 5) is 6.90. The number of benzene rings is 1. The lowest BCUT2D eigenvalue weighted by atomic mass is 10.0. The van der Waals surface area contributed by atoms with Crippen LogP contribution in [0.4, 0.5) is 5.82 Å². The van der Waals surface area contributed by atoms with Crippen molar-refractivity contribution in [3.63, 3.8) is 0 Å². The quantitative estimate of drug-likeness (QED) is 0.741. The van der Waals surface area contributed by atoms with Crippen LogP contribution in [-0.4, -0.2) is 35.7 Å². The van der Waals surface area contributed by atoms with Crippen LogP contribution in [0.2, 0.25) is 0 Å². The van der Waals surface area contributed by atoms with E-state index in [2.05, 4.69) is 51.8 Å². The van der Waals surface area contributed by atoms with Gasteiger partial charge in [0.2, 0.25) is 0 Å². The van der Waals surface area contributed by atoms with Crippen molar-refractivity contribution >= 4 is 44.1 Å². The Bertz CT molecular complexity index is 662. The first-order valence-electron chi connectivity index (χ1n) is 7.02. The van der Waals surface area contributed by atoms with E-state index in [1.165, 1.54) is 5.39 Å². The van der Waals surface area contributed by atoms with E-state index >= 15 is 0 Å². The van der Waals surface area contributed by atoms with Crippen LogP contribution < -0.4 is 4.90 Å². The molecule has 3 rings (SSSR count). The van der Waals surface area contributed by atoms with Gasteiger partial charge in [0.25, 0.3) is 0 Å². The molecule has 1 fully saturated rings. The van der Waals surface area contributed by atoms with Gasteiger partial charge in [0.15, 0.2) is 0 Å². The van der Waals surface area contributed by atoms with Gasteiger partial charge in [0.05, 0.1) is 17.6 Å². The van der Waals surface area contributed by atoms with E-state index in [1.54, 1.807) is 0 Å². The molecule has 1 aromatic carbocycles. The number of fused-ring (bicyclic) bond motifs is 1. The van der Waals surface area contributed by atoms with Gasteiger partial charge < -0.3 is 9.64 Å². The SMILES string of the molecule is CC1(C)CN(c2nccc3c(Br)cccc23)CC(CCl)O1. The van der Waals surface area contributed by atoms with Crippen molar-refractivity contribution in [2.45, 2.75) is 25.6 Å². The fourth-order valence-corrected chi connectivity index (χ4v) is 3.60. The molecule has 1 aromatic heterocycles. The van der Waals surface area contributed by atoms with Gasteiger partial charge in [-0.3, -0.25) is 0 Å². The third-order valence-electron chi connectivity index (χ3n) is 3.68. The van der Waals surface area contributed by atoms with Crippen molar-refractivity contribution in [3.05, 3.63) is 34.9 Å². The molecule has 1 atom stereocenters. The van der Waals surface area contributed by atoms with Crippen LogP contribution in [0.15, 0.2) is 34.9 Å². The largest absolute Gasteiger partial charge is 0.367 e. The molecule has 2 aromatic rings. The van der Waals surface area contributed by atoms with Crippen LogP contribution in [0.1, 0.15) is 13.8 Å². The zero-order chi connectivity index (χ0) is 15.0. The van der Waals surface area contributed by atoms with Crippen molar-refractivity contribution in [2.75, 3.05) is 23.9 Å². The fraction of sp³-hybridized carbons (Fsp3) is 0.438. The van der Waals surface area contributed by atoms with Crippen molar-refractivity contribution in [2.24, 2.45) is 0 Å². The fourth-order valence-electron chi connectivity index (χ4n) is 2.94.